The van der Waals surface area contributed by atoms with Crippen molar-refractivity contribution in [1.82, 2.24) is 0 Å². The van der Waals surface area contributed by atoms with Gasteiger partial charge in [0, 0.05) is 4.47 Å². The summed E-state index contributed by atoms with van der Waals surface area (Å²) in [6.45, 7) is 2.01. The maximum Gasteiger partial charge on any atom is 0.264 e. The van der Waals surface area contributed by atoms with E-state index in [1.807, 2.05) is 42.5 Å². The number of sulfonamides is 1. The molecular weight excluding hydrogens is 426 g/mol. The van der Waals surface area contributed by atoms with E-state index in [1.165, 1.54) is 4.31 Å². The third-order valence-electron chi connectivity index (χ3n) is 4.24. The summed E-state index contributed by atoms with van der Waals surface area (Å²) in [4.78, 5) is 0.302. The molecule has 3 aromatic carbocycles. The second-order valence-electron chi connectivity index (χ2n) is 6.11. The van der Waals surface area contributed by atoms with E-state index in [9.17, 15) is 8.42 Å². The molecule has 0 fully saturated rings. The highest BCUT2D eigenvalue weighted by Gasteiger charge is 2.26. The Labute approximate surface area is 168 Å². The topological polar surface area (TPSA) is 46.6 Å². The minimum atomic E-state index is -3.74. The van der Waals surface area contributed by atoms with E-state index >= 15 is 0 Å². The summed E-state index contributed by atoms with van der Waals surface area (Å²) in [6.07, 6.45) is 0. The van der Waals surface area contributed by atoms with Crippen molar-refractivity contribution in [3.63, 3.8) is 0 Å². The number of hydrogen-bond acceptors (Lipinski definition) is 3. The third-order valence-corrected chi connectivity index (χ3v) is 6.70. The summed E-state index contributed by atoms with van der Waals surface area (Å²) >= 11 is 3.40. The van der Waals surface area contributed by atoms with Crippen LogP contribution in [0.15, 0.2) is 82.2 Å². The van der Waals surface area contributed by atoms with Gasteiger partial charge in [-0.25, -0.2) is 8.42 Å². The first-order chi connectivity index (χ1) is 12.9. The van der Waals surface area contributed by atoms with Crippen LogP contribution in [0, 0.1) is 6.92 Å². The summed E-state index contributed by atoms with van der Waals surface area (Å²) in [5, 5.41) is 0. The number of rotatable bonds is 6. The first-order valence-electron chi connectivity index (χ1n) is 8.38. The minimum absolute atomic E-state index is 0.204. The van der Waals surface area contributed by atoms with Gasteiger partial charge in [0.05, 0.1) is 24.2 Å². The molecule has 0 aliphatic carbocycles. The van der Waals surface area contributed by atoms with Gasteiger partial charge in [-0.05, 0) is 60.5 Å². The van der Waals surface area contributed by atoms with Crippen molar-refractivity contribution in [2.24, 2.45) is 0 Å². The van der Waals surface area contributed by atoms with Crippen molar-refractivity contribution in [1.29, 1.82) is 0 Å². The lowest BCUT2D eigenvalue weighted by Gasteiger charge is -2.25. The van der Waals surface area contributed by atoms with Crippen LogP contribution in [0.5, 0.6) is 5.75 Å². The predicted octanol–water partition coefficient (Wildman–Crippen LogP) is 5.16. The van der Waals surface area contributed by atoms with Crippen LogP contribution in [0.3, 0.4) is 0 Å². The molecule has 4 nitrogen and oxygen atoms in total. The third kappa shape index (κ3) is 4.34. The normalized spacial score (nSPS) is 11.2. The van der Waals surface area contributed by atoms with Gasteiger partial charge in [-0.15, -0.1) is 0 Å². The Bertz CT molecular complexity index is 1030. The van der Waals surface area contributed by atoms with Gasteiger partial charge >= 0.3 is 0 Å². The standard InChI is InChI=1S/C21H20BrNO3S/c1-16-6-3-4-9-21(16)27(24,25)23(19-12-10-18(22)11-13-19)15-17-7-5-8-20(14-17)26-2/h3-14H,15H2,1-2H3. The van der Waals surface area contributed by atoms with Gasteiger partial charge in [-0.1, -0.05) is 46.3 Å². The van der Waals surface area contributed by atoms with Crippen LogP contribution < -0.4 is 9.04 Å². The van der Waals surface area contributed by atoms with E-state index in [4.69, 9.17) is 4.74 Å². The number of benzene rings is 3. The van der Waals surface area contributed by atoms with Crippen molar-refractivity contribution < 1.29 is 13.2 Å². The van der Waals surface area contributed by atoms with Crippen molar-refractivity contribution in [2.45, 2.75) is 18.4 Å². The maximum absolute atomic E-state index is 13.5. The molecule has 27 heavy (non-hydrogen) atoms. The summed E-state index contributed by atoms with van der Waals surface area (Å²) in [7, 11) is -2.15. The van der Waals surface area contributed by atoms with Gasteiger partial charge in [0.25, 0.3) is 10.0 Å². The van der Waals surface area contributed by atoms with Gasteiger partial charge in [0.15, 0.2) is 0 Å². The van der Waals surface area contributed by atoms with E-state index in [0.29, 0.717) is 21.9 Å². The van der Waals surface area contributed by atoms with Gasteiger partial charge in [0.2, 0.25) is 0 Å². The van der Waals surface area contributed by atoms with Gasteiger partial charge < -0.3 is 4.74 Å². The molecule has 0 radical (unpaired) electrons. The number of anilines is 1. The van der Waals surface area contributed by atoms with Crippen molar-refractivity contribution >= 4 is 31.6 Å². The van der Waals surface area contributed by atoms with Crippen molar-refractivity contribution in [2.75, 3.05) is 11.4 Å². The zero-order chi connectivity index (χ0) is 19.4. The monoisotopic (exact) mass is 445 g/mol. The van der Waals surface area contributed by atoms with Crippen LogP contribution in [0.2, 0.25) is 0 Å². The second kappa shape index (κ2) is 8.15. The minimum Gasteiger partial charge on any atom is -0.497 e. The number of aryl methyl sites for hydroxylation is 1. The van der Waals surface area contributed by atoms with Gasteiger partial charge in [0.1, 0.15) is 5.75 Å². The molecule has 0 aromatic heterocycles. The Hall–Kier alpha value is -2.31. The highest BCUT2D eigenvalue weighted by atomic mass is 79.9. The maximum atomic E-state index is 13.5. The Morgan fingerprint density at radius 3 is 2.33 bits per heavy atom. The second-order valence-corrected chi connectivity index (χ2v) is 8.85. The zero-order valence-electron chi connectivity index (χ0n) is 15.1. The smallest absolute Gasteiger partial charge is 0.264 e. The quantitative estimate of drug-likeness (QED) is 0.526. The fourth-order valence-electron chi connectivity index (χ4n) is 2.82. The average Bonchev–Trinajstić information content (AvgIpc) is 2.67. The van der Waals surface area contributed by atoms with Crippen LogP contribution in [0.4, 0.5) is 5.69 Å². The highest BCUT2D eigenvalue weighted by Crippen LogP contribution is 2.29. The number of halogens is 1. The van der Waals surface area contributed by atoms with Crippen LogP contribution in [0.1, 0.15) is 11.1 Å². The van der Waals surface area contributed by atoms with E-state index in [0.717, 1.165) is 10.0 Å². The molecule has 0 unspecified atom stereocenters. The number of hydrogen-bond donors (Lipinski definition) is 0. The number of nitrogens with zero attached hydrogens (tertiary/aromatic N) is 1. The fraction of sp³-hybridized carbons (Fsp3) is 0.143. The lowest BCUT2D eigenvalue weighted by molar-refractivity contribution is 0.414. The molecule has 3 rings (SSSR count). The van der Waals surface area contributed by atoms with E-state index < -0.39 is 10.0 Å². The number of methoxy groups -OCH3 is 1. The van der Waals surface area contributed by atoms with Crippen LogP contribution in [-0.4, -0.2) is 15.5 Å². The molecule has 0 saturated carbocycles. The Balaban J connectivity index is 2.09. The van der Waals surface area contributed by atoms with E-state index in [1.54, 1.807) is 44.4 Å². The first kappa shape index (κ1) is 19.5. The summed E-state index contributed by atoms with van der Waals surface area (Å²) in [5.74, 6) is 0.691. The van der Waals surface area contributed by atoms with Crippen molar-refractivity contribution in [3.8, 4) is 5.75 Å². The molecule has 0 aliphatic rings. The summed E-state index contributed by atoms with van der Waals surface area (Å²) in [5.41, 5.74) is 2.16. The van der Waals surface area contributed by atoms with Crippen molar-refractivity contribution in [3.05, 3.63) is 88.4 Å². The molecule has 0 atom stereocenters. The molecule has 140 valence electrons. The fourth-order valence-corrected chi connectivity index (χ4v) is 4.77. The molecule has 6 heteroatoms. The lowest BCUT2D eigenvalue weighted by atomic mass is 10.2. The molecule has 0 N–H and O–H groups in total. The Morgan fingerprint density at radius 2 is 1.67 bits per heavy atom. The lowest BCUT2D eigenvalue weighted by Crippen LogP contribution is -2.31. The van der Waals surface area contributed by atoms with Crippen LogP contribution >= 0.6 is 15.9 Å². The largest absolute Gasteiger partial charge is 0.497 e. The molecule has 0 aliphatic heterocycles. The summed E-state index contributed by atoms with van der Waals surface area (Å²) < 4.78 is 34.6. The van der Waals surface area contributed by atoms with Crippen LogP contribution in [-0.2, 0) is 16.6 Å². The van der Waals surface area contributed by atoms with Crippen LogP contribution in [0.25, 0.3) is 0 Å². The SMILES string of the molecule is COc1cccc(CN(c2ccc(Br)cc2)S(=O)(=O)c2ccccc2C)c1. The Kier molecular flexibility index (Phi) is 5.87. The molecule has 0 bridgehead atoms. The van der Waals surface area contributed by atoms with E-state index in [-0.39, 0.29) is 6.54 Å². The molecule has 0 spiro atoms. The first-order valence-corrected chi connectivity index (χ1v) is 10.6. The predicted molar refractivity (Wildman–Crippen MR) is 112 cm³/mol. The molecule has 0 saturated heterocycles. The highest BCUT2D eigenvalue weighted by molar-refractivity contribution is 9.10. The summed E-state index contributed by atoms with van der Waals surface area (Å²) in [6, 6.07) is 21.7. The molecule has 0 heterocycles. The molecule has 3 aromatic rings. The number of ether oxygens (including phenoxy) is 1. The molecule has 0 amide bonds. The molecular formula is C21H20BrNO3S. The van der Waals surface area contributed by atoms with Gasteiger partial charge in [-0.2, -0.15) is 0 Å². The average molecular weight is 446 g/mol. The zero-order valence-corrected chi connectivity index (χ0v) is 17.5. The van der Waals surface area contributed by atoms with Gasteiger partial charge in [-0.3, -0.25) is 4.31 Å². The Morgan fingerprint density at radius 1 is 0.963 bits per heavy atom. The van der Waals surface area contributed by atoms with E-state index in [2.05, 4.69) is 15.9 Å².